The molecule has 2 aromatic rings. The zero-order valence-electron chi connectivity index (χ0n) is 7.81. The number of hydrogen-bond donors (Lipinski definition) is 1. The van der Waals surface area contributed by atoms with E-state index >= 15 is 0 Å². The van der Waals surface area contributed by atoms with Gasteiger partial charge in [-0.25, -0.2) is 5.90 Å². The molecule has 0 atom stereocenters. The number of rotatable bonds is 3. The lowest BCUT2D eigenvalue weighted by molar-refractivity contribution is 0.141. The normalized spacial score (nSPS) is 10.6. The van der Waals surface area contributed by atoms with Crippen LogP contribution in [0.25, 0.3) is 10.9 Å². The number of benzene rings is 1. The Morgan fingerprint density at radius 3 is 3.00 bits per heavy atom. The summed E-state index contributed by atoms with van der Waals surface area (Å²) in [6, 6.07) is 10.1. The summed E-state index contributed by atoms with van der Waals surface area (Å²) in [5.41, 5.74) is 2.24. The number of fused-ring (bicyclic) bond motifs is 1. The van der Waals surface area contributed by atoms with Gasteiger partial charge in [-0.2, -0.15) is 0 Å². The summed E-state index contributed by atoms with van der Waals surface area (Å²) in [6.07, 6.45) is 2.62. The van der Waals surface area contributed by atoms with Gasteiger partial charge in [-0.15, -0.1) is 0 Å². The summed E-state index contributed by atoms with van der Waals surface area (Å²) in [5, 5.41) is 1.17. The predicted octanol–water partition coefficient (Wildman–Crippen LogP) is 1.67. The van der Waals surface area contributed by atoms with Crippen LogP contribution >= 0.6 is 0 Å². The molecule has 0 spiro atoms. The van der Waals surface area contributed by atoms with E-state index in [-0.39, 0.29) is 0 Å². The van der Waals surface area contributed by atoms with E-state index in [1.54, 1.807) is 6.20 Å². The predicted molar refractivity (Wildman–Crippen MR) is 55.6 cm³/mol. The smallest absolute Gasteiger partial charge is 0.0719 e. The number of hydrogen-bond acceptors (Lipinski definition) is 3. The minimum absolute atomic E-state index is 0.536. The zero-order valence-corrected chi connectivity index (χ0v) is 7.81. The van der Waals surface area contributed by atoms with Crippen molar-refractivity contribution in [3.63, 3.8) is 0 Å². The SMILES string of the molecule is NOCCc1cccc2ncccc12. The molecule has 0 amide bonds. The highest BCUT2D eigenvalue weighted by molar-refractivity contribution is 5.81. The Morgan fingerprint density at radius 1 is 1.21 bits per heavy atom. The van der Waals surface area contributed by atoms with Crippen LogP contribution in [0.3, 0.4) is 0 Å². The minimum atomic E-state index is 0.536. The molecule has 0 radical (unpaired) electrons. The molecule has 2 N–H and O–H groups in total. The van der Waals surface area contributed by atoms with Gasteiger partial charge in [0.05, 0.1) is 12.1 Å². The van der Waals surface area contributed by atoms with Gasteiger partial charge in [0.15, 0.2) is 0 Å². The second kappa shape index (κ2) is 4.17. The highest BCUT2D eigenvalue weighted by atomic mass is 16.6. The first kappa shape index (κ1) is 9.12. The molecule has 2 rings (SSSR count). The Morgan fingerprint density at radius 2 is 2.14 bits per heavy atom. The minimum Gasteiger partial charge on any atom is -0.304 e. The van der Waals surface area contributed by atoms with Crippen molar-refractivity contribution in [1.82, 2.24) is 4.98 Å². The Labute approximate surface area is 82.5 Å². The molecule has 72 valence electrons. The van der Waals surface area contributed by atoms with Crippen LogP contribution in [-0.4, -0.2) is 11.6 Å². The van der Waals surface area contributed by atoms with Crippen LogP contribution in [0.4, 0.5) is 0 Å². The van der Waals surface area contributed by atoms with E-state index in [1.165, 1.54) is 10.9 Å². The fraction of sp³-hybridized carbons (Fsp3) is 0.182. The summed E-state index contributed by atoms with van der Waals surface area (Å²) in [6.45, 7) is 0.536. The first-order valence-corrected chi connectivity index (χ1v) is 4.56. The third-order valence-electron chi connectivity index (χ3n) is 2.23. The van der Waals surface area contributed by atoms with Crippen LogP contribution in [0.15, 0.2) is 36.5 Å². The Bertz CT molecular complexity index is 423. The van der Waals surface area contributed by atoms with E-state index in [9.17, 15) is 0 Å². The maximum Gasteiger partial charge on any atom is 0.0719 e. The van der Waals surface area contributed by atoms with Crippen LogP contribution in [-0.2, 0) is 11.3 Å². The van der Waals surface area contributed by atoms with Crippen molar-refractivity contribution in [3.8, 4) is 0 Å². The van der Waals surface area contributed by atoms with Gasteiger partial charge < -0.3 is 4.84 Å². The summed E-state index contributed by atoms with van der Waals surface area (Å²) in [5.74, 6) is 5.00. The van der Waals surface area contributed by atoms with Crippen molar-refractivity contribution in [3.05, 3.63) is 42.1 Å². The second-order valence-electron chi connectivity index (χ2n) is 3.11. The lowest BCUT2D eigenvalue weighted by Gasteiger charge is -2.04. The second-order valence-corrected chi connectivity index (χ2v) is 3.11. The summed E-state index contributed by atoms with van der Waals surface area (Å²) in [4.78, 5) is 8.85. The van der Waals surface area contributed by atoms with Crippen LogP contribution in [0.5, 0.6) is 0 Å². The van der Waals surface area contributed by atoms with Gasteiger partial charge in [-0.1, -0.05) is 18.2 Å². The highest BCUT2D eigenvalue weighted by Crippen LogP contribution is 2.16. The van der Waals surface area contributed by atoms with Crippen molar-refractivity contribution in [2.75, 3.05) is 6.61 Å². The molecular weight excluding hydrogens is 176 g/mol. The molecule has 1 aromatic carbocycles. The van der Waals surface area contributed by atoms with Gasteiger partial charge in [0.25, 0.3) is 0 Å². The van der Waals surface area contributed by atoms with Crippen LogP contribution in [0.1, 0.15) is 5.56 Å². The molecule has 0 aliphatic carbocycles. The Hall–Kier alpha value is -1.45. The van der Waals surface area contributed by atoms with E-state index in [0.717, 1.165) is 11.9 Å². The highest BCUT2D eigenvalue weighted by Gasteiger charge is 1.99. The topological polar surface area (TPSA) is 48.1 Å². The van der Waals surface area contributed by atoms with Crippen molar-refractivity contribution in [1.29, 1.82) is 0 Å². The molecule has 3 nitrogen and oxygen atoms in total. The van der Waals surface area contributed by atoms with Crippen LogP contribution < -0.4 is 5.90 Å². The van der Waals surface area contributed by atoms with Crippen molar-refractivity contribution >= 4 is 10.9 Å². The van der Waals surface area contributed by atoms with E-state index in [4.69, 9.17) is 5.90 Å². The quantitative estimate of drug-likeness (QED) is 0.745. The molecular formula is C11H12N2O. The van der Waals surface area contributed by atoms with E-state index in [2.05, 4.69) is 22.0 Å². The standard InChI is InChI=1S/C11H12N2O/c12-14-8-6-9-3-1-5-11-10(9)4-2-7-13-11/h1-5,7H,6,8,12H2. The van der Waals surface area contributed by atoms with E-state index < -0.39 is 0 Å². The number of aromatic nitrogens is 1. The third kappa shape index (κ3) is 1.73. The average molecular weight is 188 g/mol. The Kier molecular flexibility index (Phi) is 2.72. The lowest BCUT2D eigenvalue weighted by atomic mass is 10.1. The first-order chi connectivity index (χ1) is 6.92. The molecule has 0 bridgehead atoms. The molecule has 0 aliphatic heterocycles. The van der Waals surface area contributed by atoms with Crippen LogP contribution in [0, 0.1) is 0 Å². The average Bonchev–Trinajstić information content (AvgIpc) is 2.26. The first-order valence-electron chi connectivity index (χ1n) is 4.56. The maximum atomic E-state index is 5.00. The Balaban J connectivity index is 2.43. The van der Waals surface area contributed by atoms with Crippen molar-refractivity contribution < 1.29 is 4.84 Å². The van der Waals surface area contributed by atoms with Crippen molar-refractivity contribution in [2.24, 2.45) is 5.90 Å². The van der Waals surface area contributed by atoms with E-state index in [0.29, 0.717) is 6.61 Å². The molecule has 3 heteroatoms. The molecule has 1 heterocycles. The van der Waals surface area contributed by atoms with Gasteiger partial charge in [0, 0.05) is 11.6 Å². The largest absolute Gasteiger partial charge is 0.304 e. The number of nitrogens with two attached hydrogens (primary N) is 1. The molecule has 14 heavy (non-hydrogen) atoms. The number of nitrogens with zero attached hydrogens (tertiary/aromatic N) is 1. The van der Waals surface area contributed by atoms with Gasteiger partial charge in [0.2, 0.25) is 0 Å². The molecule has 0 saturated heterocycles. The van der Waals surface area contributed by atoms with Gasteiger partial charge >= 0.3 is 0 Å². The molecule has 0 saturated carbocycles. The fourth-order valence-corrected chi connectivity index (χ4v) is 1.55. The van der Waals surface area contributed by atoms with Crippen molar-refractivity contribution in [2.45, 2.75) is 6.42 Å². The third-order valence-corrected chi connectivity index (χ3v) is 2.23. The lowest BCUT2D eigenvalue weighted by Crippen LogP contribution is -2.03. The zero-order chi connectivity index (χ0) is 9.80. The monoisotopic (exact) mass is 188 g/mol. The molecule has 0 unspecified atom stereocenters. The van der Waals surface area contributed by atoms with Gasteiger partial charge in [0.1, 0.15) is 0 Å². The molecule has 0 fully saturated rings. The molecule has 1 aromatic heterocycles. The number of pyridine rings is 1. The van der Waals surface area contributed by atoms with Crippen LogP contribution in [0.2, 0.25) is 0 Å². The van der Waals surface area contributed by atoms with Gasteiger partial charge in [-0.3, -0.25) is 4.98 Å². The summed E-state index contributed by atoms with van der Waals surface area (Å²) in [7, 11) is 0. The summed E-state index contributed by atoms with van der Waals surface area (Å²) >= 11 is 0. The van der Waals surface area contributed by atoms with Gasteiger partial charge in [-0.05, 0) is 24.1 Å². The summed E-state index contributed by atoms with van der Waals surface area (Å²) < 4.78 is 0. The molecule has 0 aliphatic rings. The fourth-order valence-electron chi connectivity index (χ4n) is 1.55. The van der Waals surface area contributed by atoms with E-state index in [1.807, 2.05) is 18.2 Å². The maximum absolute atomic E-state index is 5.00.